The minimum Gasteiger partial charge on any atom is -0.454 e. The maximum Gasteiger partial charge on any atom is 0.338 e. The molecule has 0 radical (unpaired) electrons. The first kappa shape index (κ1) is 22.0. The summed E-state index contributed by atoms with van der Waals surface area (Å²) >= 11 is 6.16. The van der Waals surface area contributed by atoms with Gasteiger partial charge in [0.05, 0.1) is 21.8 Å². The van der Waals surface area contributed by atoms with Crippen LogP contribution in [0.25, 0.3) is 0 Å². The van der Waals surface area contributed by atoms with Crippen molar-refractivity contribution in [2.75, 3.05) is 17.5 Å². The summed E-state index contributed by atoms with van der Waals surface area (Å²) in [5.74, 6) is -2.36. The van der Waals surface area contributed by atoms with Gasteiger partial charge in [0, 0.05) is 6.54 Å². The van der Waals surface area contributed by atoms with Gasteiger partial charge >= 0.3 is 5.97 Å². The van der Waals surface area contributed by atoms with Gasteiger partial charge in [-0.25, -0.2) is 17.6 Å². The molecular formula is C23H17ClFNO5S. The average Bonchev–Trinajstić information content (AvgIpc) is 3.23. The molecule has 0 bridgehead atoms. The number of para-hydroxylation sites is 1. The number of hydrogen-bond acceptors (Lipinski definition) is 5. The second kappa shape index (κ2) is 8.72. The number of halogens is 2. The molecule has 4 rings (SSSR count). The highest BCUT2D eigenvalue weighted by Gasteiger charge is 2.32. The fourth-order valence-corrected chi connectivity index (χ4v) is 5.49. The van der Waals surface area contributed by atoms with Crippen LogP contribution in [0.4, 0.5) is 10.1 Å². The highest BCUT2D eigenvalue weighted by Crippen LogP contribution is 2.35. The molecule has 164 valence electrons. The molecule has 0 amide bonds. The molecule has 1 aliphatic rings. The first-order valence-electron chi connectivity index (χ1n) is 9.64. The molecule has 1 heterocycles. The number of carbonyl (C=O) groups is 2. The molecule has 1 aliphatic heterocycles. The zero-order chi connectivity index (χ0) is 22.9. The Morgan fingerprint density at radius 1 is 1.03 bits per heavy atom. The third-order valence-corrected chi connectivity index (χ3v) is 7.38. The van der Waals surface area contributed by atoms with Crippen LogP contribution in [-0.4, -0.2) is 33.3 Å². The lowest BCUT2D eigenvalue weighted by Gasteiger charge is -2.20. The molecule has 0 unspecified atom stereocenters. The number of anilines is 1. The molecule has 9 heteroatoms. The van der Waals surface area contributed by atoms with Crippen molar-refractivity contribution in [3.8, 4) is 0 Å². The standard InChI is InChI=1S/C23H17ClFNO5S/c24-18-10-9-16(23(28)31-14-21(27)17-6-2-3-7-19(17)25)13-22(18)32(29,30)26-12-11-15-5-1-4-8-20(15)26/h1-10,13H,11-12,14H2. The van der Waals surface area contributed by atoms with E-state index < -0.39 is 34.2 Å². The van der Waals surface area contributed by atoms with E-state index in [1.54, 1.807) is 12.1 Å². The van der Waals surface area contributed by atoms with Crippen LogP contribution in [0.5, 0.6) is 0 Å². The fraction of sp³-hybridized carbons (Fsp3) is 0.130. The Morgan fingerprint density at radius 3 is 2.53 bits per heavy atom. The summed E-state index contributed by atoms with van der Waals surface area (Å²) in [7, 11) is -4.04. The highest BCUT2D eigenvalue weighted by atomic mass is 35.5. The minimum atomic E-state index is -4.04. The van der Waals surface area contributed by atoms with Crippen molar-refractivity contribution in [2.24, 2.45) is 0 Å². The number of sulfonamides is 1. The smallest absolute Gasteiger partial charge is 0.338 e. The molecule has 0 atom stereocenters. The number of ketones is 1. The summed E-state index contributed by atoms with van der Waals surface area (Å²) < 4.78 is 46.5. The number of carbonyl (C=O) groups excluding carboxylic acids is 2. The Labute approximate surface area is 189 Å². The molecular weight excluding hydrogens is 457 g/mol. The Bertz CT molecular complexity index is 1330. The monoisotopic (exact) mass is 473 g/mol. The van der Waals surface area contributed by atoms with Gasteiger partial charge in [-0.1, -0.05) is 41.9 Å². The second-order valence-corrected chi connectivity index (χ2v) is 9.32. The molecule has 0 N–H and O–H groups in total. The van der Waals surface area contributed by atoms with Gasteiger partial charge in [-0.3, -0.25) is 9.10 Å². The predicted octanol–water partition coefficient (Wildman–Crippen LogP) is 4.27. The Morgan fingerprint density at radius 2 is 1.75 bits per heavy atom. The van der Waals surface area contributed by atoms with Gasteiger partial charge in [0.25, 0.3) is 10.0 Å². The molecule has 0 aliphatic carbocycles. The van der Waals surface area contributed by atoms with E-state index in [-0.39, 0.29) is 27.6 Å². The Balaban J connectivity index is 1.56. The van der Waals surface area contributed by atoms with Crippen LogP contribution in [0, 0.1) is 5.82 Å². The molecule has 3 aromatic rings. The number of nitrogens with zero attached hydrogens (tertiary/aromatic N) is 1. The highest BCUT2D eigenvalue weighted by molar-refractivity contribution is 7.93. The van der Waals surface area contributed by atoms with Crippen molar-refractivity contribution in [3.05, 3.63) is 94.3 Å². The summed E-state index contributed by atoms with van der Waals surface area (Å²) in [5.41, 5.74) is 1.16. The zero-order valence-electron chi connectivity index (χ0n) is 16.6. The van der Waals surface area contributed by atoms with Crippen LogP contribution in [0.2, 0.25) is 5.02 Å². The lowest BCUT2D eigenvalue weighted by atomic mass is 10.1. The van der Waals surface area contributed by atoms with E-state index in [1.807, 2.05) is 12.1 Å². The molecule has 0 aromatic heterocycles. The van der Waals surface area contributed by atoms with Crippen LogP contribution >= 0.6 is 11.6 Å². The van der Waals surface area contributed by atoms with Crippen molar-refractivity contribution < 1.29 is 27.1 Å². The van der Waals surface area contributed by atoms with Gasteiger partial charge in [0.2, 0.25) is 5.78 Å². The van der Waals surface area contributed by atoms with E-state index in [9.17, 15) is 22.4 Å². The van der Waals surface area contributed by atoms with E-state index >= 15 is 0 Å². The Kier molecular flexibility index (Phi) is 5.99. The van der Waals surface area contributed by atoms with E-state index in [0.717, 1.165) is 17.7 Å². The first-order chi connectivity index (χ1) is 15.3. The summed E-state index contributed by atoms with van der Waals surface area (Å²) in [5, 5.41) is -0.0478. The molecule has 0 saturated heterocycles. The third kappa shape index (κ3) is 4.11. The minimum absolute atomic E-state index is 0.0478. The third-order valence-electron chi connectivity index (χ3n) is 5.09. The van der Waals surface area contributed by atoms with Crippen molar-refractivity contribution >= 4 is 39.1 Å². The van der Waals surface area contributed by atoms with Crippen LogP contribution in [0.1, 0.15) is 26.3 Å². The topological polar surface area (TPSA) is 80.8 Å². The molecule has 32 heavy (non-hydrogen) atoms. The van der Waals surface area contributed by atoms with Crippen molar-refractivity contribution in [1.82, 2.24) is 0 Å². The van der Waals surface area contributed by atoms with Gasteiger partial charge in [0.15, 0.2) is 6.61 Å². The van der Waals surface area contributed by atoms with Crippen molar-refractivity contribution in [1.29, 1.82) is 0 Å². The molecule has 0 saturated carbocycles. The van der Waals surface area contributed by atoms with Crippen molar-refractivity contribution in [3.63, 3.8) is 0 Å². The van der Waals surface area contributed by atoms with Gasteiger partial charge in [0.1, 0.15) is 10.7 Å². The van der Waals surface area contributed by atoms with E-state index in [0.29, 0.717) is 12.1 Å². The fourth-order valence-electron chi connectivity index (χ4n) is 3.48. The number of hydrogen-bond donors (Lipinski definition) is 0. The van der Waals surface area contributed by atoms with Gasteiger partial charge in [-0.2, -0.15) is 0 Å². The van der Waals surface area contributed by atoms with Crippen LogP contribution in [-0.2, 0) is 21.2 Å². The zero-order valence-corrected chi connectivity index (χ0v) is 18.2. The first-order valence-corrected chi connectivity index (χ1v) is 11.5. The maximum atomic E-state index is 13.7. The largest absolute Gasteiger partial charge is 0.454 e. The molecule has 0 spiro atoms. The lowest BCUT2D eigenvalue weighted by molar-refractivity contribution is 0.0473. The number of esters is 1. The van der Waals surface area contributed by atoms with Gasteiger partial charge in [-0.15, -0.1) is 0 Å². The maximum absolute atomic E-state index is 13.7. The van der Waals surface area contributed by atoms with Crippen LogP contribution in [0.3, 0.4) is 0 Å². The number of Topliss-reactive ketones (excluding diaryl/α,β-unsaturated/α-hetero) is 1. The van der Waals surface area contributed by atoms with Crippen LogP contribution < -0.4 is 4.31 Å². The lowest BCUT2D eigenvalue weighted by Crippen LogP contribution is -2.29. The quantitative estimate of drug-likeness (QED) is 0.394. The van der Waals surface area contributed by atoms with Gasteiger partial charge in [-0.05, 0) is 48.4 Å². The van der Waals surface area contributed by atoms with E-state index in [1.165, 1.54) is 34.6 Å². The van der Waals surface area contributed by atoms with Crippen molar-refractivity contribution in [2.45, 2.75) is 11.3 Å². The number of ether oxygens (including phenoxy) is 1. The van der Waals surface area contributed by atoms with E-state index in [2.05, 4.69) is 0 Å². The number of fused-ring (bicyclic) bond motifs is 1. The Hall–Kier alpha value is -3.23. The van der Waals surface area contributed by atoms with Crippen LogP contribution in [0.15, 0.2) is 71.6 Å². The summed E-state index contributed by atoms with van der Waals surface area (Å²) in [4.78, 5) is 24.3. The second-order valence-electron chi connectivity index (χ2n) is 7.08. The van der Waals surface area contributed by atoms with E-state index in [4.69, 9.17) is 16.3 Å². The predicted molar refractivity (Wildman–Crippen MR) is 117 cm³/mol. The molecule has 0 fully saturated rings. The summed E-state index contributed by atoms with van der Waals surface area (Å²) in [6.45, 7) is -0.437. The number of benzene rings is 3. The SMILES string of the molecule is O=C(OCC(=O)c1ccccc1F)c1ccc(Cl)c(S(=O)(=O)N2CCc3ccccc32)c1. The number of rotatable bonds is 6. The molecule has 3 aromatic carbocycles. The van der Waals surface area contributed by atoms with Gasteiger partial charge < -0.3 is 4.74 Å². The normalized spacial score (nSPS) is 13.0. The average molecular weight is 474 g/mol. The summed E-state index contributed by atoms with van der Waals surface area (Å²) in [6, 6.07) is 16.2. The summed E-state index contributed by atoms with van der Waals surface area (Å²) in [6.07, 6.45) is 0.562. The molecule has 6 nitrogen and oxygen atoms in total.